The SMILES string of the molecule is CC(Cl)C(C)(C)C(C)(C)C. The molecule has 0 radical (unpaired) electrons. The summed E-state index contributed by atoms with van der Waals surface area (Å²) < 4.78 is 0. The summed E-state index contributed by atoms with van der Waals surface area (Å²) >= 11 is 6.05. The first kappa shape index (κ1) is 10.3. The van der Waals surface area contributed by atoms with Crippen LogP contribution in [0.2, 0.25) is 0 Å². The van der Waals surface area contributed by atoms with E-state index in [9.17, 15) is 0 Å². The van der Waals surface area contributed by atoms with Crippen molar-refractivity contribution in [1.82, 2.24) is 0 Å². The fourth-order valence-electron chi connectivity index (χ4n) is 0.597. The van der Waals surface area contributed by atoms with Crippen molar-refractivity contribution in [2.45, 2.75) is 46.9 Å². The number of halogens is 1. The highest BCUT2D eigenvalue weighted by molar-refractivity contribution is 6.20. The maximum absolute atomic E-state index is 6.05. The fourth-order valence-corrected chi connectivity index (χ4v) is 0.924. The Kier molecular flexibility index (Phi) is 2.81. The van der Waals surface area contributed by atoms with E-state index in [4.69, 9.17) is 11.6 Å². The molecule has 0 saturated heterocycles. The molecule has 1 atom stereocenters. The van der Waals surface area contributed by atoms with Crippen molar-refractivity contribution in [3.63, 3.8) is 0 Å². The van der Waals surface area contributed by atoms with Crippen LogP contribution in [0.5, 0.6) is 0 Å². The van der Waals surface area contributed by atoms with Gasteiger partial charge >= 0.3 is 0 Å². The summed E-state index contributed by atoms with van der Waals surface area (Å²) in [6, 6.07) is 0. The lowest BCUT2D eigenvalue weighted by atomic mass is 9.67. The van der Waals surface area contributed by atoms with Crippen molar-refractivity contribution in [1.29, 1.82) is 0 Å². The minimum absolute atomic E-state index is 0.203. The molecule has 0 fully saturated rings. The van der Waals surface area contributed by atoms with E-state index >= 15 is 0 Å². The van der Waals surface area contributed by atoms with Gasteiger partial charge in [-0.3, -0.25) is 0 Å². The van der Waals surface area contributed by atoms with Crippen molar-refractivity contribution in [3.05, 3.63) is 0 Å². The van der Waals surface area contributed by atoms with Crippen LogP contribution < -0.4 is 0 Å². The minimum Gasteiger partial charge on any atom is -0.123 e. The molecule has 0 spiro atoms. The second-order valence-corrected chi connectivity index (χ2v) is 5.24. The van der Waals surface area contributed by atoms with Crippen molar-refractivity contribution >= 4 is 11.6 Å². The number of hydrogen-bond acceptors (Lipinski definition) is 0. The summed E-state index contributed by atoms with van der Waals surface area (Å²) in [5, 5.41) is 0.229. The van der Waals surface area contributed by atoms with Gasteiger partial charge in [-0.2, -0.15) is 0 Å². The van der Waals surface area contributed by atoms with E-state index in [1.165, 1.54) is 0 Å². The van der Waals surface area contributed by atoms with Crippen LogP contribution in [0, 0.1) is 10.8 Å². The standard InChI is InChI=1S/C9H19Cl/c1-7(10)9(5,6)8(2,3)4/h7H,1-6H3. The Bertz CT molecular complexity index is 106. The maximum Gasteiger partial charge on any atom is 0.0363 e. The van der Waals surface area contributed by atoms with Crippen LogP contribution in [0.4, 0.5) is 0 Å². The van der Waals surface area contributed by atoms with Crippen molar-refractivity contribution < 1.29 is 0 Å². The van der Waals surface area contributed by atoms with Gasteiger partial charge in [0.25, 0.3) is 0 Å². The van der Waals surface area contributed by atoms with Gasteiger partial charge in [0.05, 0.1) is 0 Å². The zero-order chi connectivity index (χ0) is 8.58. The summed E-state index contributed by atoms with van der Waals surface area (Å²) in [7, 11) is 0. The molecule has 0 aromatic rings. The van der Waals surface area contributed by atoms with Crippen molar-refractivity contribution in [3.8, 4) is 0 Å². The van der Waals surface area contributed by atoms with Gasteiger partial charge in [-0.15, -0.1) is 11.6 Å². The highest BCUT2D eigenvalue weighted by Crippen LogP contribution is 2.42. The molecule has 0 nitrogen and oxygen atoms in total. The van der Waals surface area contributed by atoms with Gasteiger partial charge in [-0.25, -0.2) is 0 Å². The van der Waals surface area contributed by atoms with Gasteiger partial charge in [-0.1, -0.05) is 34.6 Å². The van der Waals surface area contributed by atoms with Crippen LogP contribution in [0.1, 0.15) is 41.5 Å². The lowest BCUT2D eigenvalue weighted by Crippen LogP contribution is -2.36. The third kappa shape index (κ3) is 1.88. The Labute approximate surface area is 70.0 Å². The van der Waals surface area contributed by atoms with E-state index in [1.807, 2.05) is 0 Å². The quantitative estimate of drug-likeness (QED) is 0.516. The highest BCUT2D eigenvalue weighted by Gasteiger charge is 2.36. The summed E-state index contributed by atoms with van der Waals surface area (Å²) in [6.45, 7) is 13.2. The van der Waals surface area contributed by atoms with Crippen LogP contribution in [-0.4, -0.2) is 5.38 Å². The Balaban J connectivity index is 4.40. The van der Waals surface area contributed by atoms with Crippen molar-refractivity contribution in [2.24, 2.45) is 10.8 Å². The van der Waals surface area contributed by atoms with Crippen LogP contribution in [0.25, 0.3) is 0 Å². The molecule has 0 N–H and O–H groups in total. The molecular weight excluding hydrogens is 144 g/mol. The summed E-state index contributed by atoms with van der Waals surface area (Å²) in [5.74, 6) is 0. The number of hydrogen-bond donors (Lipinski definition) is 0. The smallest absolute Gasteiger partial charge is 0.0363 e. The lowest BCUT2D eigenvalue weighted by molar-refractivity contribution is 0.131. The average molecular weight is 163 g/mol. The van der Waals surface area contributed by atoms with Gasteiger partial charge in [0.15, 0.2) is 0 Å². The van der Waals surface area contributed by atoms with E-state index in [0.29, 0.717) is 0 Å². The third-order valence-electron chi connectivity index (χ3n) is 2.93. The van der Waals surface area contributed by atoms with Gasteiger partial charge in [0.2, 0.25) is 0 Å². The molecule has 0 aromatic heterocycles. The average Bonchev–Trinajstić information content (AvgIpc) is 1.62. The van der Waals surface area contributed by atoms with E-state index in [1.54, 1.807) is 0 Å². The zero-order valence-corrected chi connectivity index (χ0v) is 8.71. The first-order valence-electron chi connectivity index (χ1n) is 3.83. The summed E-state index contributed by atoms with van der Waals surface area (Å²) in [5.41, 5.74) is 0.489. The predicted octanol–water partition coefficient (Wildman–Crippen LogP) is 3.69. The van der Waals surface area contributed by atoms with E-state index in [0.717, 1.165) is 0 Å². The molecule has 62 valence electrons. The lowest BCUT2D eigenvalue weighted by Gasteiger charge is -2.41. The highest BCUT2D eigenvalue weighted by atomic mass is 35.5. The van der Waals surface area contributed by atoms with E-state index in [-0.39, 0.29) is 16.2 Å². The molecule has 0 aliphatic rings. The molecule has 0 bridgehead atoms. The van der Waals surface area contributed by atoms with Gasteiger partial charge in [0.1, 0.15) is 0 Å². The molecular formula is C9H19Cl. The first-order chi connectivity index (χ1) is 4.19. The zero-order valence-electron chi connectivity index (χ0n) is 7.96. The number of alkyl halides is 1. The molecule has 0 aliphatic heterocycles. The second-order valence-electron chi connectivity index (χ2n) is 4.59. The van der Waals surface area contributed by atoms with Gasteiger partial charge < -0.3 is 0 Å². The van der Waals surface area contributed by atoms with Crippen molar-refractivity contribution in [2.75, 3.05) is 0 Å². The third-order valence-corrected chi connectivity index (χ3v) is 3.47. The summed E-state index contributed by atoms with van der Waals surface area (Å²) in [6.07, 6.45) is 0. The van der Waals surface area contributed by atoms with Crippen LogP contribution >= 0.6 is 11.6 Å². The molecule has 0 aromatic carbocycles. The molecule has 10 heavy (non-hydrogen) atoms. The second kappa shape index (κ2) is 2.73. The molecule has 1 heteroatoms. The summed E-state index contributed by atoms with van der Waals surface area (Å²) in [4.78, 5) is 0. The predicted molar refractivity (Wildman–Crippen MR) is 48.6 cm³/mol. The van der Waals surface area contributed by atoms with Gasteiger partial charge in [0, 0.05) is 5.38 Å². The van der Waals surface area contributed by atoms with Crippen LogP contribution in [0.3, 0.4) is 0 Å². The first-order valence-corrected chi connectivity index (χ1v) is 4.27. The fraction of sp³-hybridized carbons (Fsp3) is 1.00. The van der Waals surface area contributed by atoms with E-state index in [2.05, 4.69) is 41.5 Å². The molecule has 0 rings (SSSR count). The Hall–Kier alpha value is 0.290. The number of rotatable bonds is 1. The van der Waals surface area contributed by atoms with Crippen LogP contribution in [-0.2, 0) is 0 Å². The topological polar surface area (TPSA) is 0 Å². The normalized spacial score (nSPS) is 17.1. The monoisotopic (exact) mass is 162 g/mol. The minimum atomic E-state index is 0.203. The molecule has 0 saturated carbocycles. The molecule has 0 amide bonds. The Morgan fingerprint density at radius 2 is 1.30 bits per heavy atom. The molecule has 0 aliphatic carbocycles. The molecule has 1 unspecified atom stereocenters. The molecule has 0 heterocycles. The van der Waals surface area contributed by atoms with Gasteiger partial charge in [-0.05, 0) is 17.8 Å². The van der Waals surface area contributed by atoms with E-state index < -0.39 is 0 Å². The largest absolute Gasteiger partial charge is 0.123 e. The maximum atomic E-state index is 6.05. The Morgan fingerprint density at radius 1 is 1.00 bits per heavy atom. The Morgan fingerprint density at radius 3 is 1.30 bits per heavy atom. The van der Waals surface area contributed by atoms with Crippen LogP contribution in [0.15, 0.2) is 0 Å².